The molecule has 3 rings (SSSR count). The Hall–Kier alpha value is -2.00. The zero-order valence-corrected chi connectivity index (χ0v) is 12.3. The van der Waals surface area contributed by atoms with Crippen LogP contribution >= 0.6 is 0 Å². The topological polar surface area (TPSA) is 44.5 Å². The number of ether oxygens (including phenoxy) is 2. The van der Waals surface area contributed by atoms with Crippen LogP contribution in [0.5, 0.6) is 11.5 Å². The van der Waals surface area contributed by atoms with Crippen molar-refractivity contribution >= 4 is 0 Å². The van der Waals surface area contributed by atoms with Gasteiger partial charge < -0.3 is 15.2 Å². The smallest absolute Gasteiger partial charge is 0.124 e. The lowest BCUT2D eigenvalue weighted by Gasteiger charge is -2.21. The van der Waals surface area contributed by atoms with Crippen LogP contribution in [0.4, 0.5) is 0 Å². The first kappa shape index (κ1) is 14.0. The molecule has 2 aromatic rings. The van der Waals surface area contributed by atoms with Gasteiger partial charge in [0.15, 0.2) is 0 Å². The largest absolute Gasteiger partial charge is 0.493 e. The van der Waals surface area contributed by atoms with Gasteiger partial charge in [-0.25, -0.2) is 0 Å². The predicted octanol–water partition coefficient (Wildman–Crippen LogP) is 3.65. The summed E-state index contributed by atoms with van der Waals surface area (Å²) in [6.07, 6.45) is 0.985. The fourth-order valence-electron chi connectivity index (χ4n) is 2.80. The molecule has 110 valence electrons. The van der Waals surface area contributed by atoms with Crippen LogP contribution in [0.3, 0.4) is 0 Å². The number of fused-ring (bicyclic) bond motifs is 1. The first-order valence-electron chi connectivity index (χ1n) is 7.50. The lowest BCUT2D eigenvalue weighted by Crippen LogP contribution is -2.21. The van der Waals surface area contributed by atoms with Crippen LogP contribution in [0.1, 0.15) is 36.4 Å². The minimum absolute atomic E-state index is 0.123. The third kappa shape index (κ3) is 2.74. The van der Waals surface area contributed by atoms with Gasteiger partial charge in [-0.2, -0.15) is 0 Å². The summed E-state index contributed by atoms with van der Waals surface area (Å²) in [4.78, 5) is 0. The van der Waals surface area contributed by atoms with Crippen LogP contribution in [-0.4, -0.2) is 13.2 Å². The molecule has 0 bridgehead atoms. The number of rotatable bonds is 5. The van der Waals surface area contributed by atoms with E-state index in [1.807, 2.05) is 36.4 Å². The van der Waals surface area contributed by atoms with Crippen molar-refractivity contribution in [2.45, 2.75) is 25.3 Å². The number of para-hydroxylation sites is 2. The minimum atomic E-state index is -0.123. The average Bonchev–Trinajstić information content (AvgIpc) is 2.96. The maximum atomic E-state index is 6.53. The number of hydrogen-bond acceptors (Lipinski definition) is 3. The van der Waals surface area contributed by atoms with Gasteiger partial charge in [0.2, 0.25) is 0 Å². The van der Waals surface area contributed by atoms with E-state index >= 15 is 0 Å². The number of benzene rings is 2. The summed E-state index contributed by atoms with van der Waals surface area (Å²) in [5.41, 5.74) is 8.77. The molecule has 2 aromatic carbocycles. The van der Waals surface area contributed by atoms with Crippen molar-refractivity contribution in [3.05, 3.63) is 59.7 Å². The van der Waals surface area contributed by atoms with E-state index in [1.165, 1.54) is 5.56 Å². The van der Waals surface area contributed by atoms with Crippen LogP contribution in [0, 0.1) is 0 Å². The van der Waals surface area contributed by atoms with Gasteiger partial charge in [-0.3, -0.25) is 0 Å². The van der Waals surface area contributed by atoms with Gasteiger partial charge in [-0.05, 0) is 18.6 Å². The fraction of sp³-hybridized carbons (Fsp3) is 0.333. The number of nitrogens with two attached hydrogens (primary N) is 1. The highest BCUT2D eigenvalue weighted by atomic mass is 16.5. The summed E-state index contributed by atoms with van der Waals surface area (Å²) in [5, 5.41) is 0. The highest BCUT2D eigenvalue weighted by molar-refractivity contribution is 5.44. The van der Waals surface area contributed by atoms with E-state index < -0.39 is 0 Å². The lowest BCUT2D eigenvalue weighted by atomic mass is 9.89. The van der Waals surface area contributed by atoms with E-state index in [1.54, 1.807) is 0 Å². The van der Waals surface area contributed by atoms with Gasteiger partial charge in [0.25, 0.3) is 0 Å². The van der Waals surface area contributed by atoms with Crippen LogP contribution in [-0.2, 0) is 0 Å². The highest BCUT2D eigenvalue weighted by Crippen LogP contribution is 2.41. The zero-order valence-electron chi connectivity index (χ0n) is 12.3. The van der Waals surface area contributed by atoms with Crippen LogP contribution < -0.4 is 15.2 Å². The molecule has 0 aliphatic carbocycles. The molecule has 0 amide bonds. The first-order valence-corrected chi connectivity index (χ1v) is 7.50. The Labute approximate surface area is 125 Å². The van der Waals surface area contributed by atoms with Crippen molar-refractivity contribution in [3.8, 4) is 11.5 Å². The van der Waals surface area contributed by atoms with Crippen LogP contribution in [0.2, 0.25) is 0 Å². The van der Waals surface area contributed by atoms with Crippen molar-refractivity contribution in [3.63, 3.8) is 0 Å². The molecule has 2 N–H and O–H groups in total. The summed E-state index contributed by atoms with van der Waals surface area (Å²) >= 11 is 0. The Balaban J connectivity index is 1.88. The van der Waals surface area contributed by atoms with Crippen molar-refractivity contribution in [2.75, 3.05) is 13.2 Å². The second kappa shape index (κ2) is 6.19. The Bertz CT molecular complexity index is 612. The predicted molar refractivity (Wildman–Crippen MR) is 83.8 cm³/mol. The number of hydrogen-bond donors (Lipinski definition) is 1. The summed E-state index contributed by atoms with van der Waals surface area (Å²) in [7, 11) is 0. The van der Waals surface area contributed by atoms with Gasteiger partial charge in [-0.15, -0.1) is 0 Å². The molecule has 0 saturated carbocycles. The molecule has 0 radical (unpaired) electrons. The molecular formula is C18H21NO2. The van der Waals surface area contributed by atoms with Gasteiger partial charge >= 0.3 is 0 Å². The monoisotopic (exact) mass is 283 g/mol. The Morgan fingerprint density at radius 2 is 1.95 bits per heavy atom. The molecular weight excluding hydrogens is 262 g/mol. The second-order valence-electron chi connectivity index (χ2n) is 5.37. The SMILES string of the molecule is CCCOc1ccccc1C(N)C1COc2ccccc21. The zero-order chi connectivity index (χ0) is 14.7. The molecule has 3 heteroatoms. The molecule has 2 unspecified atom stereocenters. The summed E-state index contributed by atoms with van der Waals surface area (Å²) in [6, 6.07) is 16.0. The van der Waals surface area contributed by atoms with Crippen LogP contribution in [0.15, 0.2) is 48.5 Å². The minimum Gasteiger partial charge on any atom is -0.493 e. The molecule has 0 fully saturated rings. The van der Waals surface area contributed by atoms with E-state index in [0.717, 1.165) is 23.5 Å². The van der Waals surface area contributed by atoms with Gasteiger partial charge in [0.1, 0.15) is 11.5 Å². The fourth-order valence-corrected chi connectivity index (χ4v) is 2.80. The summed E-state index contributed by atoms with van der Waals surface area (Å²) in [6.45, 7) is 3.44. The van der Waals surface area contributed by atoms with E-state index in [4.69, 9.17) is 15.2 Å². The normalized spacial score (nSPS) is 17.9. The third-order valence-corrected chi connectivity index (χ3v) is 3.91. The molecule has 21 heavy (non-hydrogen) atoms. The van der Waals surface area contributed by atoms with Crippen molar-refractivity contribution < 1.29 is 9.47 Å². The van der Waals surface area contributed by atoms with Gasteiger partial charge in [0.05, 0.1) is 13.2 Å². The third-order valence-electron chi connectivity index (χ3n) is 3.91. The first-order chi connectivity index (χ1) is 10.3. The highest BCUT2D eigenvalue weighted by Gasteiger charge is 2.31. The van der Waals surface area contributed by atoms with Gasteiger partial charge in [-0.1, -0.05) is 43.3 Å². The molecule has 0 saturated heterocycles. The molecule has 3 nitrogen and oxygen atoms in total. The van der Waals surface area contributed by atoms with Gasteiger partial charge in [0, 0.05) is 23.1 Å². The lowest BCUT2D eigenvalue weighted by molar-refractivity contribution is 0.298. The molecule has 1 aliphatic heterocycles. The quantitative estimate of drug-likeness (QED) is 0.911. The summed E-state index contributed by atoms with van der Waals surface area (Å²) in [5.74, 6) is 2.01. The second-order valence-corrected chi connectivity index (χ2v) is 5.37. The molecule has 1 heterocycles. The van der Waals surface area contributed by atoms with E-state index in [2.05, 4.69) is 19.1 Å². The van der Waals surface area contributed by atoms with E-state index in [-0.39, 0.29) is 12.0 Å². The van der Waals surface area contributed by atoms with E-state index in [9.17, 15) is 0 Å². The standard InChI is InChI=1S/C18H21NO2/c1-2-11-20-17-10-6-4-8-14(17)18(19)15-12-21-16-9-5-3-7-13(15)16/h3-10,15,18H,2,11-12,19H2,1H3. The molecule has 0 aromatic heterocycles. The van der Waals surface area contributed by atoms with Crippen LogP contribution in [0.25, 0.3) is 0 Å². The molecule has 0 spiro atoms. The molecule has 1 aliphatic rings. The maximum absolute atomic E-state index is 6.53. The van der Waals surface area contributed by atoms with Crippen molar-refractivity contribution in [1.82, 2.24) is 0 Å². The Morgan fingerprint density at radius 3 is 2.81 bits per heavy atom. The average molecular weight is 283 g/mol. The van der Waals surface area contributed by atoms with Crippen molar-refractivity contribution in [1.29, 1.82) is 0 Å². The van der Waals surface area contributed by atoms with E-state index in [0.29, 0.717) is 13.2 Å². The van der Waals surface area contributed by atoms with Crippen molar-refractivity contribution in [2.24, 2.45) is 5.73 Å². The Kier molecular flexibility index (Phi) is 4.11. The Morgan fingerprint density at radius 1 is 1.19 bits per heavy atom. The molecule has 2 atom stereocenters. The maximum Gasteiger partial charge on any atom is 0.124 e. The summed E-state index contributed by atoms with van der Waals surface area (Å²) < 4.78 is 11.6.